The molecular weight excluding hydrogens is 406 g/mol. The van der Waals surface area contributed by atoms with Gasteiger partial charge in [-0.05, 0) is 36.8 Å². The fourth-order valence-electron chi connectivity index (χ4n) is 3.65. The van der Waals surface area contributed by atoms with E-state index in [4.69, 9.17) is 0 Å². The van der Waals surface area contributed by atoms with Crippen molar-refractivity contribution in [1.82, 2.24) is 4.90 Å². The summed E-state index contributed by atoms with van der Waals surface area (Å²) in [6.45, 7) is -0.146. The first kappa shape index (κ1) is 21.3. The molecule has 0 radical (unpaired) electrons. The average molecular weight is 424 g/mol. The van der Waals surface area contributed by atoms with Crippen LogP contribution >= 0.6 is 0 Å². The van der Waals surface area contributed by atoms with Gasteiger partial charge in [-0.25, -0.2) is 4.79 Å². The van der Waals surface area contributed by atoms with E-state index in [0.717, 1.165) is 4.90 Å². The predicted octanol–water partition coefficient (Wildman–Crippen LogP) is 4.36. The minimum atomic E-state index is -5.75. The second kappa shape index (κ2) is 7.42. The smallest absolute Gasteiger partial charge is 0.426 e. The van der Waals surface area contributed by atoms with Crippen LogP contribution in [0.25, 0.3) is 0 Å². The van der Waals surface area contributed by atoms with Crippen LogP contribution < -0.4 is 5.32 Å². The number of carbonyl (C=O) groups excluding carboxylic acids is 2. The van der Waals surface area contributed by atoms with Crippen molar-refractivity contribution in [2.24, 2.45) is 11.3 Å². The van der Waals surface area contributed by atoms with E-state index >= 15 is 0 Å². The molecular formula is C18H18F6N2O3. The topological polar surface area (TPSA) is 58.6 Å². The third kappa shape index (κ3) is 4.76. The van der Waals surface area contributed by atoms with Crippen LogP contribution in [0.15, 0.2) is 30.3 Å². The number of carbonyl (C=O) groups is 2. The fraction of sp³-hybridized carbons (Fsp3) is 0.556. The summed E-state index contributed by atoms with van der Waals surface area (Å²) in [5, 5.41) is 2.77. The van der Waals surface area contributed by atoms with Gasteiger partial charge in [-0.2, -0.15) is 26.3 Å². The van der Waals surface area contributed by atoms with Gasteiger partial charge in [-0.15, -0.1) is 0 Å². The van der Waals surface area contributed by atoms with Gasteiger partial charge < -0.3 is 15.0 Å². The van der Waals surface area contributed by atoms with Crippen molar-refractivity contribution in [3.8, 4) is 0 Å². The largest absolute Gasteiger partial charge is 0.434 e. The van der Waals surface area contributed by atoms with Gasteiger partial charge in [0.25, 0.3) is 6.10 Å². The minimum absolute atomic E-state index is 0.0730. The number of ether oxygens (including phenoxy) is 1. The Balaban J connectivity index is 1.53. The molecule has 1 spiro atoms. The Hall–Kier alpha value is -2.46. The number of likely N-dealkylation sites (tertiary alicyclic amines) is 1. The molecule has 1 N–H and O–H groups in total. The first-order valence-electron chi connectivity index (χ1n) is 8.87. The Morgan fingerprint density at radius 3 is 2.10 bits per heavy atom. The highest BCUT2D eigenvalue weighted by atomic mass is 19.4. The number of alkyl halides is 6. The zero-order chi connectivity index (χ0) is 21.4. The molecule has 1 aliphatic carbocycles. The molecule has 160 valence electrons. The first-order valence-corrected chi connectivity index (χ1v) is 8.87. The van der Waals surface area contributed by atoms with E-state index in [2.05, 4.69) is 10.1 Å². The van der Waals surface area contributed by atoms with E-state index in [0.29, 0.717) is 24.9 Å². The molecule has 1 heterocycles. The van der Waals surface area contributed by atoms with Crippen LogP contribution in [0.2, 0.25) is 0 Å². The van der Waals surface area contributed by atoms with Crippen LogP contribution in [0, 0.1) is 11.3 Å². The predicted molar refractivity (Wildman–Crippen MR) is 88.8 cm³/mol. The summed E-state index contributed by atoms with van der Waals surface area (Å²) in [4.78, 5) is 25.0. The highest BCUT2D eigenvalue weighted by molar-refractivity contribution is 5.95. The van der Waals surface area contributed by atoms with E-state index in [1.165, 1.54) is 0 Å². The number of anilines is 1. The van der Waals surface area contributed by atoms with Gasteiger partial charge in [-0.3, -0.25) is 4.79 Å². The van der Waals surface area contributed by atoms with Crippen LogP contribution in [0.5, 0.6) is 0 Å². The number of hydrogen-bond donors (Lipinski definition) is 1. The molecule has 5 nitrogen and oxygen atoms in total. The van der Waals surface area contributed by atoms with E-state index in [-0.39, 0.29) is 30.3 Å². The van der Waals surface area contributed by atoms with Gasteiger partial charge in [0.1, 0.15) is 0 Å². The number of amides is 2. The van der Waals surface area contributed by atoms with Crippen molar-refractivity contribution in [3.63, 3.8) is 0 Å². The molecule has 1 saturated heterocycles. The van der Waals surface area contributed by atoms with Gasteiger partial charge in [0.15, 0.2) is 0 Å². The number of nitrogens with one attached hydrogen (secondary N) is 1. The second-order valence-corrected chi connectivity index (χ2v) is 7.31. The zero-order valence-corrected chi connectivity index (χ0v) is 15.0. The highest BCUT2D eigenvalue weighted by Crippen LogP contribution is 2.59. The molecule has 1 aliphatic heterocycles. The van der Waals surface area contributed by atoms with Crippen molar-refractivity contribution in [2.45, 2.75) is 37.7 Å². The highest BCUT2D eigenvalue weighted by Gasteiger charge is 2.61. The van der Waals surface area contributed by atoms with E-state index in [9.17, 15) is 35.9 Å². The maximum absolute atomic E-state index is 12.5. The summed E-state index contributed by atoms with van der Waals surface area (Å²) in [6.07, 6.45) is -16.2. The third-order valence-corrected chi connectivity index (χ3v) is 5.38. The van der Waals surface area contributed by atoms with Crippen LogP contribution in [0.4, 0.5) is 36.8 Å². The average Bonchev–Trinajstić information content (AvgIpc) is 3.32. The zero-order valence-electron chi connectivity index (χ0n) is 15.0. The standard InChI is InChI=1S/C18H18F6N2O3/c19-17(20,21)14(18(22,23)24)29-15(28)26-8-6-16(7-9-26)10-12(16)13(27)25-11-4-2-1-3-5-11/h1-5,12,14H,6-10H2,(H,25,27). The molecule has 2 amide bonds. The van der Waals surface area contributed by atoms with E-state index < -0.39 is 24.5 Å². The lowest BCUT2D eigenvalue weighted by Crippen LogP contribution is -2.49. The number of hydrogen-bond acceptors (Lipinski definition) is 3. The number of piperidine rings is 1. The Morgan fingerprint density at radius 2 is 1.59 bits per heavy atom. The summed E-state index contributed by atoms with van der Waals surface area (Å²) in [7, 11) is 0. The van der Waals surface area contributed by atoms with Crippen molar-refractivity contribution in [1.29, 1.82) is 0 Å². The van der Waals surface area contributed by atoms with Gasteiger partial charge in [0.2, 0.25) is 5.91 Å². The summed E-state index contributed by atoms with van der Waals surface area (Å²) >= 11 is 0. The number of nitrogens with zero attached hydrogens (tertiary/aromatic N) is 1. The first-order chi connectivity index (χ1) is 13.4. The maximum Gasteiger partial charge on any atom is 0.434 e. The molecule has 1 atom stereocenters. The molecule has 1 saturated carbocycles. The van der Waals surface area contributed by atoms with Crippen molar-refractivity contribution < 1.29 is 40.7 Å². The summed E-state index contributed by atoms with van der Waals surface area (Å²) in [5.41, 5.74) is 0.245. The fourth-order valence-corrected chi connectivity index (χ4v) is 3.65. The lowest BCUT2D eigenvalue weighted by Gasteiger charge is -2.33. The summed E-state index contributed by atoms with van der Waals surface area (Å²) in [6, 6.07) is 8.77. The third-order valence-electron chi connectivity index (χ3n) is 5.38. The normalized spacial score (nSPS) is 21.2. The molecule has 0 aromatic heterocycles. The number of rotatable bonds is 3. The Morgan fingerprint density at radius 1 is 1.03 bits per heavy atom. The van der Waals surface area contributed by atoms with Gasteiger partial charge in [0, 0.05) is 24.7 Å². The summed E-state index contributed by atoms with van der Waals surface area (Å²) in [5.74, 6) is -0.500. The van der Waals surface area contributed by atoms with Gasteiger partial charge in [-0.1, -0.05) is 18.2 Å². The molecule has 1 aromatic rings. The quantitative estimate of drug-likeness (QED) is 0.734. The van der Waals surface area contributed by atoms with E-state index in [1.807, 2.05) is 0 Å². The van der Waals surface area contributed by atoms with Crippen LogP contribution in [-0.4, -0.2) is 48.4 Å². The lowest BCUT2D eigenvalue weighted by atomic mass is 9.91. The van der Waals surface area contributed by atoms with E-state index in [1.54, 1.807) is 30.3 Å². The molecule has 2 aliphatic rings. The summed E-state index contributed by atoms with van der Waals surface area (Å²) < 4.78 is 78.9. The van der Waals surface area contributed by atoms with Gasteiger partial charge in [0.05, 0.1) is 0 Å². The number of halogens is 6. The lowest BCUT2D eigenvalue weighted by molar-refractivity contribution is -0.308. The molecule has 0 bridgehead atoms. The monoisotopic (exact) mass is 424 g/mol. The molecule has 11 heteroatoms. The van der Waals surface area contributed by atoms with Gasteiger partial charge >= 0.3 is 18.4 Å². The van der Waals surface area contributed by atoms with Crippen LogP contribution in [0.1, 0.15) is 19.3 Å². The van der Waals surface area contributed by atoms with Crippen molar-refractivity contribution in [2.75, 3.05) is 18.4 Å². The van der Waals surface area contributed by atoms with Crippen molar-refractivity contribution >= 4 is 17.7 Å². The number of benzene rings is 1. The van der Waals surface area contributed by atoms with Crippen molar-refractivity contribution in [3.05, 3.63) is 30.3 Å². The second-order valence-electron chi connectivity index (χ2n) is 7.31. The Labute approximate surface area is 162 Å². The molecule has 2 fully saturated rings. The Kier molecular flexibility index (Phi) is 5.44. The molecule has 1 unspecified atom stereocenters. The maximum atomic E-state index is 12.5. The molecule has 29 heavy (non-hydrogen) atoms. The van der Waals surface area contributed by atoms with Crippen LogP contribution in [-0.2, 0) is 9.53 Å². The Bertz CT molecular complexity index is 743. The molecule has 1 aromatic carbocycles. The van der Waals surface area contributed by atoms with Crippen LogP contribution in [0.3, 0.4) is 0 Å². The molecule has 3 rings (SSSR count). The minimum Gasteiger partial charge on any atom is -0.426 e. The number of para-hydroxylation sites is 1. The SMILES string of the molecule is O=C(Nc1ccccc1)C1CC12CCN(C(=O)OC(C(F)(F)F)C(F)(F)F)CC2.